The van der Waals surface area contributed by atoms with Crippen LogP contribution in [-0.4, -0.2) is 29.7 Å². The number of nitrogens with one attached hydrogen (secondary N) is 2. The molecule has 2 N–H and O–H groups in total. The number of carbonyl (C=O) groups excluding carboxylic acids is 3. The van der Waals surface area contributed by atoms with Crippen LogP contribution in [0, 0.1) is 11.7 Å². The molecule has 1 unspecified atom stereocenters. The predicted molar refractivity (Wildman–Crippen MR) is 85.9 cm³/mol. The Morgan fingerprint density at radius 3 is 2.37 bits per heavy atom. The largest absolute Gasteiger partial charge is 0.440 e. The van der Waals surface area contributed by atoms with Crippen LogP contribution in [0.25, 0.3) is 0 Å². The molecule has 4 amide bonds. The topological polar surface area (TPSA) is 78.5 Å². The van der Waals surface area contributed by atoms with Gasteiger partial charge in [0.2, 0.25) is 5.91 Å². The van der Waals surface area contributed by atoms with Crippen molar-refractivity contribution >= 4 is 23.5 Å². The van der Waals surface area contributed by atoms with E-state index in [2.05, 4.69) is 0 Å². The van der Waals surface area contributed by atoms with Crippen LogP contribution in [-0.2, 0) is 9.59 Å². The minimum absolute atomic E-state index is 0.0595. The lowest BCUT2D eigenvalue weighted by Crippen LogP contribution is -2.70. The van der Waals surface area contributed by atoms with Crippen molar-refractivity contribution in [3.8, 4) is 0 Å². The van der Waals surface area contributed by atoms with Gasteiger partial charge in [-0.25, -0.2) is 14.1 Å². The third kappa shape index (κ3) is 3.24. The maximum absolute atomic E-state index is 13.9. The number of urea groups is 1. The Bertz CT molecular complexity index is 777. The van der Waals surface area contributed by atoms with Crippen molar-refractivity contribution < 1.29 is 31.9 Å². The number of alkyl halides is 3. The Labute approximate surface area is 151 Å². The Balaban J connectivity index is 1.95. The van der Waals surface area contributed by atoms with E-state index in [-0.39, 0.29) is 4.90 Å². The van der Waals surface area contributed by atoms with Gasteiger partial charge >= 0.3 is 12.2 Å². The molecule has 0 radical (unpaired) electrons. The highest BCUT2D eigenvalue weighted by atomic mass is 19.4. The molecular weight excluding hydrogens is 370 g/mol. The number of para-hydroxylation sites is 1. The number of carbonyl (C=O) groups is 3. The van der Waals surface area contributed by atoms with Crippen molar-refractivity contribution in [3.63, 3.8) is 0 Å². The lowest BCUT2D eigenvalue weighted by molar-refractivity contribution is -0.202. The normalized spacial score (nSPS) is 24.1. The second kappa shape index (κ2) is 6.82. The first-order valence-electron chi connectivity index (χ1n) is 8.47. The predicted octanol–water partition coefficient (Wildman–Crippen LogP) is 2.84. The monoisotopic (exact) mass is 387 g/mol. The van der Waals surface area contributed by atoms with Crippen LogP contribution in [0.2, 0.25) is 0 Å². The molecular formula is C17H17F4N3O3. The summed E-state index contributed by atoms with van der Waals surface area (Å²) in [5.74, 6) is -4.48. The molecule has 0 aromatic heterocycles. The smallest absolute Gasteiger partial charge is 0.318 e. The summed E-state index contributed by atoms with van der Waals surface area (Å²) in [7, 11) is 0. The van der Waals surface area contributed by atoms with Gasteiger partial charge in [-0.15, -0.1) is 0 Å². The first kappa shape index (κ1) is 19.1. The van der Waals surface area contributed by atoms with Crippen molar-refractivity contribution in [1.82, 2.24) is 10.6 Å². The van der Waals surface area contributed by atoms with E-state index >= 15 is 0 Å². The van der Waals surface area contributed by atoms with Crippen LogP contribution in [0.15, 0.2) is 24.3 Å². The van der Waals surface area contributed by atoms with Crippen LogP contribution >= 0.6 is 0 Å². The van der Waals surface area contributed by atoms with Crippen LogP contribution in [0.5, 0.6) is 0 Å². The third-order valence-electron chi connectivity index (χ3n) is 4.83. The lowest BCUT2D eigenvalue weighted by Gasteiger charge is -2.32. The van der Waals surface area contributed by atoms with Crippen LogP contribution in [0.4, 0.5) is 28.0 Å². The number of hydrogen-bond donors (Lipinski definition) is 2. The van der Waals surface area contributed by atoms with Crippen molar-refractivity contribution in [1.29, 1.82) is 0 Å². The lowest BCUT2D eigenvalue weighted by atomic mass is 9.88. The van der Waals surface area contributed by atoms with Gasteiger partial charge in [0, 0.05) is 5.92 Å². The summed E-state index contributed by atoms with van der Waals surface area (Å²) >= 11 is 0. The second-order valence-corrected chi connectivity index (χ2v) is 6.59. The molecule has 27 heavy (non-hydrogen) atoms. The number of benzene rings is 1. The van der Waals surface area contributed by atoms with E-state index in [1.54, 1.807) is 5.32 Å². The first-order valence-corrected chi connectivity index (χ1v) is 8.47. The van der Waals surface area contributed by atoms with Gasteiger partial charge in [0.25, 0.3) is 11.6 Å². The summed E-state index contributed by atoms with van der Waals surface area (Å²) in [6.45, 7) is 0. The average Bonchev–Trinajstić information content (AvgIpc) is 2.87. The zero-order chi connectivity index (χ0) is 19.8. The summed E-state index contributed by atoms with van der Waals surface area (Å²) in [6, 6.07) is 2.98. The zero-order valence-corrected chi connectivity index (χ0v) is 14.1. The summed E-state index contributed by atoms with van der Waals surface area (Å²) in [5.41, 5.74) is -4.25. The molecule has 6 nitrogen and oxygen atoms in total. The van der Waals surface area contributed by atoms with Gasteiger partial charge in [0.15, 0.2) is 0 Å². The molecule has 146 valence electrons. The molecule has 3 rings (SSSR count). The minimum atomic E-state index is -5.32. The van der Waals surface area contributed by atoms with Crippen LogP contribution in [0.1, 0.15) is 32.1 Å². The van der Waals surface area contributed by atoms with Gasteiger partial charge in [0.1, 0.15) is 5.82 Å². The molecule has 1 aliphatic carbocycles. The SMILES string of the molecule is O=C(NC1(C(F)(F)F)NC(=O)N(c2ccccc2F)C1=O)C1CCCCC1. The number of amides is 4. The van der Waals surface area contributed by atoms with Crippen molar-refractivity contribution in [2.45, 2.75) is 43.9 Å². The average molecular weight is 387 g/mol. The van der Waals surface area contributed by atoms with Crippen molar-refractivity contribution in [2.75, 3.05) is 4.90 Å². The highest BCUT2D eigenvalue weighted by Gasteiger charge is 2.69. The fourth-order valence-corrected chi connectivity index (χ4v) is 3.38. The fourth-order valence-electron chi connectivity index (χ4n) is 3.38. The maximum Gasteiger partial charge on any atom is 0.440 e. The molecule has 0 bridgehead atoms. The molecule has 10 heteroatoms. The molecule has 1 aliphatic heterocycles. The third-order valence-corrected chi connectivity index (χ3v) is 4.83. The van der Waals surface area contributed by atoms with E-state index in [9.17, 15) is 31.9 Å². The summed E-state index contributed by atoms with van der Waals surface area (Å²) in [4.78, 5) is 37.2. The number of nitrogens with zero attached hydrogens (tertiary/aromatic N) is 1. The van der Waals surface area contributed by atoms with Gasteiger partial charge in [-0.05, 0) is 25.0 Å². The van der Waals surface area contributed by atoms with E-state index in [1.165, 1.54) is 17.4 Å². The van der Waals surface area contributed by atoms with Gasteiger partial charge in [-0.1, -0.05) is 31.4 Å². The Morgan fingerprint density at radius 2 is 1.78 bits per heavy atom. The summed E-state index contributed by atoms with van der Waals surface area (Å²) < 4.78 is 55.3. The van der Waals surface area contributed by atoms with Crippen LogP contribution in [0.3, 0.4) is 0 Å². The fraction of sp³-hybridized carbons (Fsp3) is 0.471. The molecule has 1 heterocycles. The zero-order valence-electron chi connectivity index (χ0n) is 14.1. The molecule has 1 atom stereocenters. The van der Waals surface area contributed by atoms with E-state index in [0.717, 1.165) is 18.6 Å². The summed E-state index contributed by atoms with van der Waals surface area (Å²) in [6.07, 6.45) is -2.25. The van der Waals surface area contributed by atoms with Gasteiger partial charge < -0.3 is 5.32 Å². The minimum Gasteiger partial charge on any atom is -0.318 e. The molecule has 1 aromatic carbocycles. The van der Waals surface area contributed by atoms with Gasteiger partial charge in [0.05, 0.1) is 5.69 Å². The maximum atomic E-state index is 13.9. The number of hydrogen-bond acceptors (Lipinski definition) is 3. The molecule has 1 aromatic rings. The number of halogens is 4. The highest BCUT2D eigenvalue weighted by Crippen LogP contribution is 2.37. The molecule has 0 spiro atoms. The Morgan fingerprint density at radius 1 is 1.15 bits per heavy atom. The number of imide groups is 1. The van der Waals surface area contributed by atoms with E-state index in [1.807, 2.05) is 0 Å². The van der Waals surface area contributed by atoms with Gasteiger partial charge in [-0.3, -0.25) is 14.9 Å². The van der Waals surface area contributed by atoms with E-state index < -0.39 is 47.1 Å². The standard InChI is InChI=1S/C17H17F4N3O3/c18-11-8-4-5-9-12(11)24-14(26)16(17(19,20)21,23-15(24)27)22-13(25)10-6-2-1-3-7-10/h4-5,8-10H,1-3,6-7H2,(H,22,25)(H,23,27). The molecule has 2 aliphatic rings. The quantitative estimate of drug-likeness (QED) is 0.619. The Kier molecular flexibility index (Phi) is 4.83. The van der Waals surface area contributed by atoms with E-state index in [0.29, 0.717) is 25.7 Å². The van der Waals surface area contributed by atoms with Crippen molar-refractivity contribution in [3.05, 3.63) is 30.1 Å². The van der Waals surface area contributed by atoms with E-state index in [4.69, 9.17) is 0 Å². The molecule has 2 fully saturated rings. The summed E-state index contributed by atoms with van der Waals surface area (Å²) in [5, 5.41) is 3.21. The highest BCUT2D eigenvalue weighted by molar-refractivity contribution is 6.24. The molecule has 1 saturated heterocycles. The van der Waals surface area contributed by atoms with Crippen molar-refractivity contribution in [2.24, 2.45) is 5.92 Å². The number of rotatable bonds is 3. The first-order chi connectivity index (χ1) is 12.7. The van der Waals surface area contributed by atoms with Gasteiger partial charge in [-0.2, -0.15) is 13.2 Å². The molecule has 1 saturated carbocycles. The van der Waals surface area contributed by atoms with Crippen LogP contribution < -0.4 is 15.5 Å². The number of anilines is 1. The Hall–Kier alpha value is -2.65. The second-order valence-electron chi connectivity index (χ2n) is 6.59.